The molecule has 12 heteroatoms. The van der Waals surface area contributed by atoms with Crippen molar-refractivity contribution in [3.05, 3.63) is 120 Å². The SMILES string of the molecule is II.O=C(Cl)Oc1ccccc1.O=C(Oc1ccccc1)n1c(=S)oc2ccccc21.S=C1Cc2ccccc2O1. The van der Waals surface area contributed by atoms with E-state index in [4.69, 9.17) is 49.9 Å². The number of carbonyl (C=O) groups is 2. The van der Waals surface area contributed by atoms with Crippen LogP contribution in [0.25, 0.3) is 11.1 Å². The van der Waals surface area contributed by atoms with E-state index in [0.717, 1.165) is 12.2 Å². The first kappa shape index (κ1) is 32.7. The summed E-state index contributed by atoms with van der Waals surface area (Å²) in [5, 5.41) is 0.682. The predicted molar refractivity (Wildman–Crippen MR) is 183 cm³/mol. The van der Waals surface area contributed by atoms with Gasteiger partial charge in [-0.1, -0.05) is 66.7 Å². The number of fused-ring (bicyclic) bond motifs is 2. The molecule has 0 unspecified atom stereocenters. The maximum absolute atomic E-state index is 12.1. The lowest BCUT2D eigenvalue weighted by Gasteiger charge is -2.04. The molecule has 210 valence electrons. The van der Waals surface area contributed by atoms with Gasteiger partial charge < -0.3 is 18.6 Å². The Morgan fingerprint density at radius 3 is 1.90 bits per heavy atom. The van der Waals surface area contributed by atoms with Gasteiger partial charge in [-0.05, 0) is 66.9 Å². The molecule has 41 heavy (non-hydrogen) atoms. The molecule has 7 nitrogen and oxygen atoms in total. The van der Waals surface area contributed by atoms with Crippen LogP contribution in [-0.2, 0) is 6.42 Å². The molecule has 0 spiro atoms. The molecular formula is C29H20ClI2NO6S2. The van der Waals surface area contributed by atoms with E-state index in [9.17, 15) is 9.59 Å². The molecule has 0 atom stereocenters. The Bertz CT molecular complexity index is 1640. The summed E-state index contributed by atoms with van der Waals surface area (Å²) in [5.74, 6) is 1.84. The molecule has 0 saturated heterocycles. The number of benzene rings is 4. The Balaban J connectivity index is 0.000000178. The van der Waals surface area contributed by atoms with Crippen molar-refractivity contribution in [2.75, 3.05) is 0 Å². The van der Waals surface area contributed by atoms with Gasteiger partial charge in [-0.2, -0.15) is 0 Å². The van der Waals surface area contributed by atoms with E-state index in [1.807, 2.05) is 42.5 Å². The molecule has 6 rings (SSSR count). The molecule has 0 aliphatic carbocycles. The number of hydrogen-bond donors (Lipinski definition) is 0. The summed E-state index contributed by atoms with van der Waals surface area (Å²) in [7, 11) is 0. The van der Waals surface area contributed by atoms with Crippen molar-refractivity contribution in [3.8, 4) is 17.2 Å². The Kier molecular flexibility index (Phi) is 13.7. The van der Waals surface area contributed by atoms with Gasteiger partial charge in [-0.25, -0.2) is 14.2 Å². The zero-order chi connectivity index (χ0) is 29.6. The van der Waals surface area contributed by atoms with Crippen LogP contribution in [0.15, 0.2) is 114 Å². The third kappa shape index (κ3) is 10.2. The van der Waals surface area contributed by atoms with E-state index in [1.54, 1.807) is 66.7 Å². The van der Waals surface area contributed by atoms with E-state index in [2.05, 4.69) is 42.0 Å². The highest BCUT2D eigenvalue weighted by Gasteiger charge is 2.16. The molecule has 1 aliphatic heterocycles. The Morgan fingerprint density at radius 1 is 0.756 bits per heavy atom. The fourth-order valence-electron chi connectivity index (χ4n) is 3.42. The van der Waals surface area contributed by atoms with Crippen molar-refractivity contribution in [1.29, 1.82) is 0 Å². The second kappa shape index (κ2) is 17.2. The summed E-state index contributed by atoms with van der Waals surface area (Å²) in [6.07, 6.45) is 0.215. The third-order valence-electron chi connectivity index (χ3n) is 5.09. The number of para-hydroxylation sites is 5. The third-order valence-corrected chi connectivity index (χ3v) is 5.66. The van der Waals surface area contributed by atoms with Crippen LogP contribution in [0.5, 0.6) is 17.2 Å². The quantitative estimate of drug-likeness (QED) is 0.0989. The van der Waals surface area contributed by atoms with Crippen LogP contribution in [-0.4, -0.2) is 21.1 Å². The zero-order valence-corrected chi connectivity index (χ0v) is 27.7. The number of aromatic nitrogens is 1. The van der Waals surface area contributed by atoms with Crippen LogP contribution in [0, 0.1) is 4.84 Å². The van der Waals surface area contributed by atoms with Gasteiger partial charge in [0.05, 0.1) is 5.52 Å². The van der Waals surface area contributed by atoms with E-state index >= 15 is 0 Å². The largest absolute Gasteiger partial charge is 0.450 e. The smallest absolute Gasteiger partial charge is 0.427 e. The molecular weight excluding hydrogens is 812 g/mol. The number of nitrogens with zero attached hydrogens (tertiary/aromatic N) is 1. The van der Waals surface area contributed by atoms with Crippen LogP contribution in [0.4, 0.5) is 9.59 Å². The first-order valence-corrected chi connectivity index (χ1v) is 19.1. The molecule has 1 aromatic heterocycles. The second-order valence-corrected chi connectivity index (χ2v) is 8.88. The molecule has 5 aromatic rings. The highest BCUT2D eigenvalue weighted by atomic mass is 128. The molecule has 1 aliphatic rings. The van der Waals surface area contributed by atoms with E-state index < -0.39 is 11.5 Å². The van der Waals surface area contributed by atoms with Crippen molar-refractivity contribution in [1.82, 2.24) is 4.57 Å². The number of carbonyl (C=O) groups excluding carboxylic acids is 2. The Morgan fingerprint density at radius 2 is 1.29 bits per heavy atom. The summed E-state index contributed by atoms with van der Waals surface area (Å²) in [5.41, 5.74) is 1.53. The van der Waals surface area contributed by atoms with Crippen molar-refractivity contribution in [2.24, 2.45) is 0 Å². The highest BCUT2D eigenvalue weighted by Crippen LogP contribution is 2.25. The summed E-state index contributed by atoms with van der Waals surface area (Å²) in [6, 6.07) is 32.5. The zero-order valence-electron chi connectivity index (χ0n) is 20.9. The summed E-state index contributed by atoms with van der Waals surface area (Å²) >= 11 is 19.1. The first-order valence-electron chi connectivity index (χ1n) is 11.6. The van der Waals surface area contributed by atoms with Crippen LogP contribution < -0.4 is 14.2 Å². The first-order chi connectivity index (χ1) is 19.9. The van der Waals surface area contributed by atoms with Crippen LogP contribution in [0.1, 0.15) is 5.56 Å². The maximum atomic E-state index is 12.1. The molecule has 0 bridgehead atoms. The maximum Gasteiger partial charge on any atom is 0.427 e. The predicted octanol–water partition coefficient (Wildman–Crippen LogP) is 10.2. The van der Waals surface area contributed by atoms with Crippen molar-refractivity contribution >= 4 is 101 Å². The standard InChI is InChI=1S/C14H9NO3S.C8H6OS.C7H5ClO2.I2/c16-13(17-10-6-2-1-3-7-10)15-11-8-4-5-9-12(11)18-14(15)19;10-8-5-6-3-1-2-4-7(6)9-8;8-7(9)10-6-4-2-1-3-5-6;1-2/h1-9H;1-4H,5H2;1-5H;. The average Bonchev–Trinajstić information content (AvgIpc) is 3.53. The van der Waals surface area contributed by atoms with Crippen LogP contribution in [0.2, 0.25) is 0 Å². The number of halogens is 3. The number of oxazole rings is 1. The van der Waals surface area contributed by atoms with E-state index in [-0.39, 0.29) is 4.84 Å². The van der Waals surface area contributed by atoms with Gasteiger partial charge in [0.1, 0.15) is 17.2 Å². The number of hydrogen-bond acceptors (Lipinski definition) is 8. The molecule has 4 aromatic carbocycles. The Hall–Kier alpha value is -2.85. The average molecular weight is 832 g/mol. The molecule has 0 radical (unpaired) electrons. The second-order valence-electron chi connectivity index (χ2n) is 7.76. The van der Waals surface area contributed by atoms with Crippen LogP contribution in [0.3, 0.4) is 0 Å². The van der Waals surface area contributed by atoms with Gasteiger partial charge >= 0.3 is 11.5 Å². The van der Waals surface area contributed by atoms with Gasteiger partial charge in [0.25, 0.3) is 4.84 Å². The number of thiocarbonyl (C=S) groups is 1. The van der Waals surface area contributed by atoms with Gasteiger partial charge in [-0.15, -0.1) is 0 Å². The summed E-state index contributed by atoms with van der Waals surface area (Å²) in [6.45, 7) is 0. The molecule has 0 N–H and O–H groups in total. The lowest BCUT2D eigenvalue weighted by Crippen LogP contribution is -2.16. The van der Waals surface area contributed by atoms with Gasteiger partial charge in [-0.3, -0.25) is 0 Å². The van der Waals surface area contributed by atoms with Gasteiger partial charge in [0.2, 0.25) is 0 Å². The van der Waals surface area contributed by atoms with Gasteiger partial charge in [0, 0.05) is 60.8 Å². The highest BCUT2D eigenvalue weighted by molar-refractivity contribution is 15.0. The fourth-order valence-corrected chi connectivity index (χ4v) is 4.02. The lowest BCUT2D eigenvalue weighted by atomic mass is 10.2. The summed E-state index contributed by atoms with van der Waals surface area (Å²) < 4.78 is 21.6. The van der Waals surface area contributed by atoms with E-state index in [1.165, 1.54) is 10.1 Å². The minimum Gasteiger partial charge on any atom is -0.450 e. The van der Waals surface area contributed by atoms with Crippen molar-refractivity contribution in [3.63, 3.8) is 0 Å². The minimum atomic E-state index is -0.814. The van der Waals surface area contributed by atoms with Gasteiger partial charge in [0.15, 0.2) is 10.6 Å². The molecule has 0 fully saturated rings. The van der Waals surface area contributed by atoms with Crippen LogP contribution >= 0.6 is 73.3 Å². The fraction of sp³-hybridized carbons (Fsp3) is 0.0345. The minimum absolute atomic E-state index is 0.0714. The normalized spacial score (nSPS) is 10.8. The monoisotopic (exact) mass is 831 g/mol. The topological polar surface area (TPSA) is 79.9 Å². The summed E-state index contributed by atoms with van der Waals surface area (Å²) in [4.78, 5) is 22.4. The van der Waals surface area contributed by atoms with Crippen molar-refractivity contribution in [2.45, 2.75) is 6.42 Å². The Labute approximate surface area is 274 Å². The number of ether oxygens (including phenoxy) is 3. The molecule has 0 amide bonds. The number of rotatable bonds is 2. The van der Waals surface area contributed by atoms with Crippen molar-refractivity contribution < 1.29 is 28.2 Å². The van der Waals surface area contributed by atoms with E-state index in [0.29, 0.717) is 27.6 Å². The molecule has 2 heterocycles. The lowest BCUT2D eigenvalue weighted by molar-refractivity contribution is 0.202. The molecule has 0 saturated carbocycles.